The third-order valence-corrected chi connectivity index (χ3v) is 5.90. The minimum absolute atomic E-state index is 0.254. The molecule has 2 aromatic heterocycles. The fourth-order valence-electron chi connectivity index (χ4n) is 2.04. The molecule has 0 N–H and O–H groups in total. The van der Waals surface area contributed by atoms with E-state index < -0.39 is 0 Å². The first-order valence-electron chi connectivity index (χ1n) is 6.33. The number of benzene rings is 1. The number of fused-ring (bicyclic) bond motifs is 1. The molecular formula is C15H10BrClN2OS2. The van der Waals surface area contributed by atoms with Crippen LogP contribution in [-0.4, -0.2) is 10.5 Å². The Morgan fingerprint density at radius 3 is 2.86 bits per heavy atom. The normalized spacial score (nSPS) is 12.0. The average Bonchev–Trinajstić information content (AvgIpc) is 3.05. The molecule has 0 radical (unpaired) electrons. The van der Waals surface area contributed by atoms with E-state index in [1.165, 1.54) is 22.7 Å². The number of amides is 1. The Labute approximate surface area is 148 Å². The van der Waals surface area contributed by atoms with Crippen molar-refractivity contribution in [3.8, 4) is 0 Å². The Morgan fingerprint density at radius 1 is 1.36 bits per heavy atom. The topological polar surface area (TPSA) is 34.4 Å². The zero-order valence-corrected chi connectivity index (χ0v) is 15.2. The van der Waals surface area contributed by atoms with Crippen LogP contribution >= 0.6 is 50.2 Å². The van der Waals surface area contributed by atoms with Gasteiger partial charge in [-0.15, -0.1) is 17.9 Å². The Kier molecular flexibility index (Phi) is 4.63. The second kappa shape index (κ2) is 6.50. The molecule has 112 valence electrons. The van der Waals surface area contributed by atoms with Gasteiger partial charge in [0.15, 0.2) is 4.80 Å². The molecule has 0 aliphatic heterocycles. The van der Waals surface area contributed by atoms with E-state index in [1.807, 2.05) is 28.8 Å². The Bertz CT molecular complexity index is 939. The Balaban J connectivity index is 2.19. The maximum absolute atomic E-state index is 12.3. The molecule has 0 fully saturated rings. The lowest BCUT2D eigenvalue weighted by Gasteiger charge is -2.02. The van der Waals surface area contributed by atoms with Crippen molar-refractivity contribution in [3.05, 3.63) is 61.5 Å². The van der Waals surface area contributed by atoms with Crippen LogP contribution in [0.15, 0.2) is 51.8 Å². The van der Waals surface area contributed by atoms with Crippen molar-refractivity contribution in [2.45, 2.75) is 6.54 Å². The summed E-state index contributed by atoms with van der Waals surface area (Å²) in [6.07, 6.45) is 1.76. The summed E-state index contributed by atoms with van der Waals surface area (Å²) in [6, 6.07) is 9.29. The summed E-state index contributed by atoms with van der Waals surface area (Å²) in [5.74, 6) is -0.254. The van der Waals surface area contributed by atoms with Crippen LogP contribution in [0.3, 0.4) is 0 Å². The molecule has 3 rings (SSSR count). The monoisotopic (exact) mass is 412 g/mol. The molecule has 1 aromatic carbocycles. The lowest BCUT2D eigenvalue weighted by molar-refractivity contribution is 0.100. The Morgan fingerprint density at radius 2 is 2.18 bits per heavy atom. The smallest absolute Gasteiger partial charge is 0.289 e. The molecule has 0 bridgehead atoms. The summed E-state index contributed by atoms with van der Waals surface area (Å²) in [4.78, 5) is 17.8. The summed E-state index contributed by atoms with van der Waals surface area (Å²) >= 11 is 12.5. The van der Waals surface area contributed by atoms with E-state index in [-0.39, 0.29) is 5.91 Å². The van der Waals surface area contributed by atoms with Crippen LogP contribution in [0.5, 0.6) is 0 Å². The molecule has 22 heavy (non-hydrogen) atoms. The van der Waals surface area contributed by atoms with Gasteiger partial charge in [0.25, 0.3) is 5.91 Å². The van der Waals surface area contributed by atoms with Crippen molar-refractivity contribution in [1.82, 2.24) is 4.57 Å². The van der Waals surface area contributed by atoms with Gasteiger partial charge < -0.3 is 4.57 Å². The number of hydrogen-bond acceptors (Lipinski definition) is 3. The third-order valence-electron chi connectivity index (χ3n) is 2.94. The molecule has 7 heteroatoms. The van der Waals surface area contributed by atoms with Crippen LogP contribution in [0.1, 0.15) is 9.67 Å². The fraction of sp³-hybridized carbons (Fsp3) is 0.0667. The zero-order chi connectivity index (χ0) is 15.7. The molecule has 0 saturated carbocycles. The number of rotatable bonds is 3. The van der Waals surface area contributed by atoms with Gasteiger partial charge in [0, 0.05) is 6.54 Å². The number of hydrogen-bond donors (Lipinski definition) is 0. The molecular weight excluding hydrogens is 404 g/mol. The minimum Gasteiger partial charge on any atom is -0.311 e. The van der Waals surface area contributed by atoms with Gasteiger partial charge in [0.05, 0.1) is 23.9 Å². The molecule has 3 aromatic rings. The minimum atomic E-state index is -0.254. The van der Waals surface area contributed by atoms with E-state index in [1.54, 1.807) is 12.1 Å². The van der Waals surface area contributed by atoms with Crippen LogP contribution in [0.2, 0.25) is 5.02 Å². The molecule has 0 spiro atoms. The van der Waals surface area contributed by atoms with Crippen molar-refractivity contribution in [2.75, 3.05) is 0 Å². The fourth-order valence-corrected chi connectivity index (χ4v) is 4.71. The molecule has 1 amide bonds. The highest BCUT2D eigenvalue weighted by Crippen LogP contribution is 2.26. The second-order valence-electron chi connectivity index (χ2n) is 4.39. The first-order chi connectivity index (χ1) is 10.6. The van der Waals surface area contributed by atoms with Gasteiger partial charge in [0.1, 0.15) is 0 Å². The summed E-state index contributed by atoms with van der Waals surface area (Å²) < 4.78 is 3.81. The Hall–Kier alpha value is -1.21. The molecule has 0 unspecified atom stereocenters. The second-order valence-corrected chi connectivity index (χ2v) is 8.27. The highest BCUT2D eigenvalue weighted by molar-refractivity contribution is 9.11. The first-order valence-corrected chi connectivity index (χ1v) is 9.13. The third kappa shape index (κ3) is 2.96. The summed E-state index contributed by atoms with van der Waals surface area (Å²) in [5, 5.41) is 0.642. The van der Waals surface area contributed by atoms with E-state index in [2.05, 4.69) is 27.5 Å². The lowest BCUT2D eigenvalue weighted by Crippen LogP contribution is -2.16. The van der Waals surface area contributed by atoms with E-state index in [0.717, 1.165) is 14.0 Å². The molecule has 0 atom stereocenters. The number of carbonyl (C=O) groups is 1. The predicted octanol–water partition coefficient (Wildman–Crippen LogP) is 5.11. The zero-order valence-electron chi connectivity index (χ0n) is 11.3. The molecule has 2 heterocycles. The maximum atomic E-state index is 12.3. The van der Waals surface area contributed by atoms with Crippen molar-refractivity contribution in [1.29, 1.82) is 0 Å². The standard InChI is InChI=1S/C15H10BrClN2OS2/c1-2-8-19-13-9(17)4-3-5-10(13)22-15(19)18-14(20)11-6-7-12(16)21-11/h2-7H,1,8H2. The predicted molar refractivity (Wildman–Crippen MR) is 96.9 cm³/mol. The summed E-state index contributed by atoms with van der Waals surface area (Å²) in [5.41, 5.74) is 0.882. The number of nitrogens with zero attached hydrogens (tertiary/aromatic N) is 2. The number of para-hydroxylation sites is 1. The molecule has 0 saturated heterocycles. The van der Waals surface area contributed by atoms with E-state index in [4.69, 9.17) is 11.6 Å². The van der Waals surface area contributed by atoms with Gasteiger partial charge in [-0.25, -0.2) is 0 Å². The number of allylic oxidation sites excluding steroid dienone is 1. The highest BCUT2D eigenvalue weighted by Gasteiger charge is 2.12. The van der Waals surface area contributed by atoms with Crippen molar-refractivity contribution in [3.63, 3.8) is 0 Å². The van der Waals surface area contributed by atoms with Crippen LogP contribution < -0.4 is 4.80 Å². The number of thiophene rings is 1. The maximum Gasteiger partial charge on any atom is 0.289 e. The average molecular weight is 414 g/mol. The number of aromatic nitrogens is 1. The van der Waals surface area contributed by atoms with Gasteiger partial charge >= 0.3 is 0 Å². The van der Waals surface area contributed by atoms with Gasteiger partial charge in [-0.1, -0.05) is 35.1 Å². The van der Waals surface area contributed by atoms with Gasteiger partial charge in [0.2, 0.25) is 0 Å². The number of halogens is 2. The van der Waals surface area contributed by atoms with E-state index in [0.29, 0.717) is 21.2 Å². The molecule has 3 nitrogen and oxygen atoms in total. The van der Waals surface area contributed by atoms with Crippen LogP contribution in [0.4, 0.5) is 0 Å². The SMILES string of the molecule is C=CCn1c(=NC(=O)c2ccc(Br)s2)sc2cccc(Cl)c21. The van der Waals surface area contributed by atoms with Crippen LogP contribution in [0.25, 0.3) is 10.2 Å². The van der Waals surface area contributed by atoms with Crippen molar-refractivity contribution >= 4 is 66.3 Å². The van der Waals surface area contributed by atoms with Gasteiger partial charge in [-0.3, -0.25) is 4.79 Å². The largest absolute Gasteiger partial charge is 0.311 e. The first kappa shape index (κ1) is 15.7. The number of carbonyl (C=O) groups excluding carboxylic acids is 1. The van der Waals surface area contributed by atoms with Crippen molar-refractivity contribution < 1.29 is 4.79 Å². The molecule has 0 aliphatic rings. The number of thiazole rings is 1. The van der Waals surface area contributed by atoms with Gasteiger partial charge in [-0.2, -0.15) is 4.99 Å². The summed E-state index contributed by atoms with van der Waals surface area (Å²) in [6.45, 7) is 4.31. The van der Waals surface area contributed by atoms with Gasteiger partial charge in [-0.05, 0) is 40.2 Å². The van der Waals surface area contributed by atoms with Crippen LogP contribution in [0, 0.1) is 0 Å². The van der Waals surface area contributed by atoms with Crippen LogP contribution in [-0.2, 0) is 6.54 Å². The summed E-state index contributed by atoms with van der Waals surface area (Å²) in [7, 11) is 0. The van der Waals surface area contributed by atoms with E-state index in [9.17, 15) is 4.79 Å². The lowest BCUT2D eigenvalue weighted by atomic mass is 10.3. The van der Waals surface area contributed by atoms with Crippen molar-refractivity contribution in [2.24, 2.45) is 4.99 Å². The van der Waals surface area contributed by atoms with E-state index >= 15 is 0 Å². The molecule has 0 aliphatic carbocycles. The highest BCUT2D eigenvalue weighted by atomic mass is 79.9. The quantitative estimate of drug-likeness (QED) is 0.550.